The number of piperidine rings is 1. The van der Waals surface area contributed by atoms with E-state index in [0.29, 0.717) is 24.7 Å². The van der Waals surface area contributed by atoms with Gasteiger partial charge in [0.05, 0.1) is 33.1 Å². The molecule has 2 aromatic rings. The van der Waals surface area contributed by atoms with Crippen LogP contribution in [0.5, 0.6) is 11.5 Å². The minimum Gasteiger partial charge on any atom is -0.496 e. The minimum absolute atomic E-state index is 0.00596. The monoisotopic (exact) mass is 484 g/mol. The topological polar surface area (TPSA) is 68.3 Å². The summed E-state index contributed by atoms with van der Waals surface area (Å²) in [4.78, 5) is 30.1. The maximum Gasteiger partial charge on any atom is 0.227 e. The van der Waals surface area contributed by atoms with E-state index in [1.54, 1.807) is 24.1 Å². The Morgan fingerprint density at radius 2 is 1.71 bits per heavy atom. The van der Waals surface area contributed by atoms with Gasteiger partial charge in [-0.15, -0.1) is 0 Å². The van der Waals surface area contributed by atoms with Crippen LogP contribution < -0.4 is 9.47 Å². The molecule has 2 aliphatic rings. The molecule has 8 heteroatoms. The molecule has 2 saturated heterocycles. The van der Waals surface area contributed by atoms with Crippen molar-refractivity contribution in [2.45, 2.75) is 37.7 Å². The molecule has 2 heterocycles. The second-order valence-corrected chi connectivity index (χ2v) is 9.20. The van der Waals surface area contributed by atoms with Gasteiger partial charge in [0, 0.05) is 25.2 Å². The van der Waals surface area contributed by atoms with Crippen molar-refractivity contribution in [3.63, 3.8) is 0 Å². The van der Waals surface area contributed by atoms with Gasteiger partial charge in [-0.3, -0.25) is 9.59 Å². The van der Waals surface area contributed by atoms with Crippen molar-refractivity contribution in [2.75, 3.05) is 46.5 Å². The summed E-state index contributed by atoms with van der Waals surface area (Å²) in [6.07, 6.45) is 3.43. The lowest BCUT2D eigenvalue weighted by atomic mass is 9.95. The fraction of sp³-hybridized carbons (Fsp3) is 0.481. The van der Waals surface area contributed by atoms with E-state index in [4.69, 9.17) is 14.2 Å². The van der Waals surface area contributed by atoms with Crippen molar-refractivity contribution in [3.05, 3.63) is 59.9 Å². The third kappa shape index (κ3) is 6.51. The van der Waals surface area contributed by atoms with Crippen LogP contribution in [0.15, 0.2) is 48.5 Å². The number of hydrogen-bond acceptors (Lipinski definition) is 5. The molecule has 35 heavy (non-hydrogen) atoms. The van der Waals surface area contributed by atoms with Crippen LogP contribution in [-0.2, 0) is 20.7 Å². The fourth-order valence-corrected chi connectivity index (χ4v) is 4.70. The van der Waals surface area contributed by atoms with Gasteiger partial charge in [-0.1, -0.05) is 18.2 Å². The first-order valence-electron chi connectivity index (χ1n) is 12.2. The summed E-state index contributed by atoms with van der Waals surface area (Å²) in [5, 5.41) is 0. The Bertz CT molecular complexity index is 1010. The number of amides is 2. The van der Waals surface area contributed by atoms with E-state index in [1.807, 2.05) is 29.2 Å². The smallest absolute Gasteiger partial charge is 0.227 e. The van der Waals surface area contributed by atoms with Crippen LogP contribution in [0.2, 0.25) is 0 Å². The molecule has 0 radical (unpaired) electrons. The Labute approximate surface area is 205 Å². The summed E-state index contributed by atoms with van der Waals surface area (Å²) in [7, 11) is 1.59. The molecule has 0 N–H and O–H groups in total. The van der Waals surface area contributed by atoms with Crippen LogP contribution in [0.25, 0.3) is 0 Å². The Hall–Kier alpha value is -3.13. The molecular formula is C27H33FN2O5. The van der Waals surface area contributed by atoms with Crippen molar-refractivity contribution in [1.82, 2.24) is 9.80 Å². The van der Waals surface area contributed by atoms with Gasteiger partial charge in [0.2, 0.25) is 11.8 Å². The molecule has 2 fully saturated rings. The highest BCUT2D eigenvalue weighted by Crippen LogP contribution is 2.27. The number of nitrogens with zero attached hydrogens (tertiary/aromatic N) is 2. The SMILES string of the molecule is COc1ccccc1CC(=O)N1CCOC(COc2ccc(F)cc2)(CC(=O)N2CCCCC2)C1. The summed E-state index contributed by atoms with van der Waals surface area (Å²) >= 11 is 0. The Balaban J connectivity index is 1.49. The number of para-hydroxylation sites is 1. The molecule has 2 amide bonds. The first-order chi connectivity index (χ1) is 17.0. The van der Waals surface area contributed by atoms with E-state index in [0.717, 1.165) is 37.9 Å². The summed E-state index contributed by atoms with van der Waals surface area (Å²) in [5.74, 6) is 0.743. The summed E-state index contributed by atoms with van der Waals surface area (Å²) < 4.78 is 30.9. The molecule has 4 rings (SSSR count). The predicted molar refractivity (Wildman–Crippen MR) is 129 cm³/mol. The maximum absolute atomic E-state index is 13.3. The van der Waals surface area contributed by atoms with Crippen LogP contribution in [-0.4, -0.2) is 73.7 Å². The number of hydrogen-bond donors (Lipinski definition) is 0. The fourth-order valence-electron chi connectivity index (χ4n) is 4.70. The van der Waals surface area contributed by atoms with E-state index in [1.165, 1.54) is 12.1 Å². The first-order valence-corrected chi connectivity index (χ1v) is 12.2. The average molecular weight is 485 g/mol. The van der Waals surface area contributed by atoms with Crippen LogP contribution in [0.4, 0.5) is 4.39 Å². The number of benzene rings is 2. The molecule has 2 aromatic carbocycles. The van der Waals surface area contributed by atoms with Crippen LogP contribution in [0, 0.1) is 5.82 Å². The van der Waals surface area contributed by atoms with E-state index >= 15 is 0 Å². The van der Waals surface area contributed by atoms with E-state index in [-0.39, 0.29) is 43.6 Å². The van der Waals surface area contributed by atoms with Crippen molar-refractivity contribution in [3.8, 4) is 11.5 Å². The number of morpholine rings is 1. The van der Waals surface area contributed by atoms with E-state index in [9.17, 15) is 14.0 Å². The molecule has 2 aliphatic heterocycles. The van der Waals surface area contributed by atoms with Gasteiger partial charge in [-0.25, -0.2) is 4.39 Å². The van der Waals surface area contributed by atoms with Gasteiger partial charge in [0.1, 0.15) is 29.5 Å². The van der Waals surface area contributed by atoms with Crippen molar-refractivity contribution in [2.24, 2.45) is 0 Å². The minimum atomic E-state index is -0.988. The second kappa shape index (κ2) is 11.5. The van der Waals surface area contributed by atoms with Gasteiger partial charge in [0.15, 0.2) is 0 Å². The molecule has 0 bridgehead atoms. The molecule has 188 valence electrons. The Morgan fingerprint density at radius 3 is 2.46 bits per heavy atom. The molecule has 1 atom stereocenters. The number of carbonyl (C=O) groups excluding carboxylic acids is 2. The molecule has 7 nitrogen and oxygen atoms in total. The van der Waals surface area contributed by atoms with Crippen LogP contribution in [0.3, 0.4) is 0 Å². The third-order valence-electron chi connectivity index (χ3n) is 6.63. The van der Waals surface area contributed by atoms with Crippen molar-refractivity contribution >= 4 is 11.8 Å². The normalized spacial score (nSPS) is 20.4. The van der Waals surface area contributed by atoms with Gasteiger partial charge in [-0.05, 0) is 49.6 Å². The van der Waals surface area contributed by atoms with Gasteiger partial charge >= 0.3 is 0 Å². The van der Waals surface area contributed by atoms with Gasteiger partial charge < -0.3 is 24.0 Å². The molecule has 0 spiro atoms. The van der Waals surface area contributed by atoms with Crippen LogP contribution >= 0.6 is 0 Å². The summed E-state index contributed by atoms with van der Waals surface area (Å²) in [6.45, 7) is 2.54. The molecule has 0 aliphatic carbocycles. The predicted octanol–water partition coefficient (Wildman–Crippen LogP) is 3.46. The van der Waals surface area contributed by atoms with Crippen LogP contribution in [0.1, 0.15) is 31.2 Å². The van der Waals surface area contributed by atoms with Crippen molar-refractivity contribution in [1.29, 1.82) is 0 Å². The van der Waals surface area contributed by atoms with Gasteiger partial charge in [0.25, 0.3) is 0 Å². The molecule has 0 saturated carbocycles. The Morgan fingerprint density at radius 1 is 0.971 bits per heavy atom. The largest absolute Gasteiger partial charge is 0.496 e. The number of rotatable bonds is 8. The zero-order valence-corrected chi connectivity index (χ0v) is 20.2. The number of carbonyl (C=O) groups is 2. The number of likely N-dealkylation sites (tertiary alicyclic amines) is 1. The van der Waals surface area contributed by atoms with Gasteiger partial charge in [-0.2, -0.15) is 0 Å². The van der Waals surface area contributed by atoms with E-state index < -0.39 is 5.60 Å². The average Bonchev–Trinajstić information content (AvgIpc) is 2.89. The molecular weight excluding hydrogens is 451 g/mol. The number of methoxy groups -OCH3 is 1. The molecule has 0 aromatic heterocycles. The highest BCUT2D eigenvalue weighted by atomic mass is 19.1. The third-order valence-corrected chi connectivity index (χ3v) is 6.63. The lowest BCUT2D eigenvalue weighted by molar-refractivity contribution is -0.166. The second-order valence-electron chi connectivity index (χ2n) is 9.20. The lowest BCUT2D eigenvalue weighted by Crippen LogP contribution is -2.58. The lowest BCUT2D eigenvalue weighted by Gasteiger charge is -2.43. The number of ether oxygens (including phenoxy) is 3. The zero-order valence-electron chi connectivity index (χ0n) is 20.2. The molecule has 1 unspecified atom stereocenters. The quantitative estimate of drug-likeness (QED) is 0.574. The summed E-state index contributed by atoms with van der Waals surface area (Å²) in [6, 6.07) is 13.2. The maximum atomic E-state index is 13.3. The Kier molecular flexibility index (Phi) is 8.23. The number of halogens is 1. The summed E-state index contributed by atoms with van der Waals surface area (Å²) in [5.41, 5.74) is -0.179. The van der Waals surface area contributed by atoms with Crippen molar-refractivity contribution < 1.29 is 28.2 Å². The highest BCUT2D eigenvalue weighted by Gasteiger charge is 2.42. The highest BCUT2D eigenvalue weighted by molar-refractivity contribution is 5.80. The first kappa shape index (κ1) is 25.0. The zero-order chi connectivity index (χ0) is 24.7. The van der Waals surface area contributed by atoms with E-state index in [2.05, 4.69) is 0 Å². The standard InChI is InChI=1S/C27H33FN2O5/c1-33-24-8-4-3-7-21(24)17-25(31)30-15-16-35-27(19-30,18-26(32)29-13-5-2-6-14-29)20-34-23-11-9-22(28)10-12-23/h3-4,7-12H,2,5-6,13-20H2,1H3.